The molecule has 0 heterocycles. The zero-order valence-electron chi connectivity index (χ0n) is 8.08. The van der Waals surface area contributed by atoms with Crippen LogP contribution in [-0.2, 0) is 11.3 Å². The summed E-state index contributed by atoms with van der Waals surface area (Å²) in [5.74, 6) is 0.614. The molecule has 2 unspecified atom stereocenters. The minimum absolute atomic E-state index is 0.576. The molecule has 0 N–H and O–H groups in total. The Balaban J connectivity index is 3.65. The Hall–Kier alpha value is 0.0700. The fourth-order valence-electron chi connectivity index (χ4n) is 0.907. The first-order valence-corrected chi connectivity index (χ1v) is 5.49. The lowest BCUT2D eigenvalue weighted by Crippen LogP contribution is -2.27. The third-order valence-corrected chi connectivity index (χ3v) is 2.99. The van der Waals surface area contributed by atoms with Gasteiger partial charge in [0, 0.05) is 24.4 Å². The van der Waals surface area contributed by atoms with Crippen molar-refractivity contribution in [2.75, 3.05) is 13.1 Å². The summed E-state index contributed by atoms with van der Waals surface area (Å²) in [6, 6.07) is 0. The average Bonchev–Trinajstić information content (AvgIpc) is 2.04. The standard InChI is InChI=1S/C8H19NO2S/c1-4-8(3)6-7-9(5-2)12(10)11/h8H,4-7H2,1-3H3,(H,10,11)/p-1. The molecule has 0 aromatic carbocycles. The van der Waals surface area contributed by atoms with Crippen molar-refractivity contribution >= 4 is 11.3 Å². The van der Waals surface area contributed by atoms with Gasteiger partial charge in [0.25, 0.3) is 0 Å². The molecule has 0 rings (SSSR count). The van der Waals surface area contributed by atoms with E-state index in [9.17, 15) is 8.76 Å². The van der Waals surface area contributed by atoms with Crippen LogP contribution in [0.3, 0.4) is 0 Å². The molecule has 0 radical (unpaired) electrons. The molecule has 0 spiro atoms. The number of nitrogens with zero attached hydrogens (tertiary/aromatic N) is 1. The molecular weight excluding hydrogens is 174 g/mol. The van der Waals surface area contributed by atoms with Gasteiger partial charge in [0.2, 0.25) is 0 Å². The fraction of sp³-hybridized carbons (Fsp3) is 1.00. The molecule has 0 saturated heterocycles. The average molecular weight is 192 g/mol. The molecule has 12 heavy (non-hydrogen) atoms. The van der Waals surface area contributed by atoms with Crippen LogP contribution >= 0.6 is 0 Å². The summed E-state index contributed by atoms with van der Waals surface area (Å²) in [7, 11) is 0. The molecule has 0 amide bonds. The molecule has 3 nitrogen and oxygen atoms in total. The van der Waals surface area contributed by atoms with E-state index in [1.54, 1.807) is 0 Å². The molecule has 0 aromatic heterocycles. The molecule has 0 aliphatic carbocycles. The molecule has 0 aromatic rings. The fourth-order valence-corrected chi connectivity index (χ4v) is 1.37. The van der Waals surface area contributed by atoms with Gasteiger partial charge in [-0.3, -0.25) is 4.21 Å². The first kappa shape index (κ1) is 12.1. The van der Waals surface area contributed by atoms with Crippen molar-refractivity contribution in [1.82, 2.24) is 4.31 Å². The molecule has 2 atom stereocenters. The van der Waals surface area contributed by atoms with Crippen molar-refractivity contribution in [3.8, 4) is 0 Å². The quantitative estimate of drug-likeness (QED) is 0.599. The second-order valence-corrected chi connectivity index (χ2v) is 3.99. The van der Waals surface area contributed by atoms with E-state index in [4.69, 9.17) is 0 Å². The molecule has 0 fully saturated rings. The Bertz CT molecular complexity index is 141. The van der Waals surface area contributed by atoms with Gasteiger partial charge in [0.1, 0.15) is 0 Å². The van der Waals surface area contributed by atoms with Crippen LogP contribution in [0.1, 0.15) is 33.6 Å². The van der Waals surface area contributed by atoms with Crippen LogP contribution in [0.5, 0.6) is 0 Å². The third-order valence-electron chi connectivity index (χ3n) is 2.13. The summed E-state index contributed by atoms with van der Waals surface area (Å²) >= 11 is -2.04. The number of rotatable bonds is 6. The van der Waals surface area contributed by atoms with Crippen LogP contribution < -0.4 is 0 Å². The van der Waals surface area contributed by atoms with E-state index in [1.807, 2.05) is 6.92 Å². The summed E-state index contributed by atoms with van der Waals surface area (Å²) < 4.78 is 22.6. The summed E-state index contributed by atoms with van der Waals surface area (Å²) in [6.07, 6.45) is 2.07. The number of hydrogen-bond donors (Lipinski definition) is 0. The van der Waals surface area contributed by atoms with Crippen LogP contribution in [0.25, 0.3) is 0 Å². The first-order valence-electron chi connectivity index (χ1n) is 4.46. The van der Waals surface area contributed by atoms with Gasteiger partial charge in [0.15, 0.2) is 0 Å². The van der Waals surface area contributed by atoms with Crippen molar-refractivity contribution in [3.63, 3.8) is 0 Å². The highest BCUT2D eigenvalue weighted by Crippen LogP contribution is 2.07. The zero-order valence-corrected chi connectivity index (χ0v) is 8.89. The smallest absolute Gasteiger partial charge is 0.0209 e. The minimum atomic E-state index is -2.04. The van der Waals surface area contributed by atoms with Crippen molar-refractivity contribution in [3.05, 3.63) is 0 Å². The zero-order chi connectivity index (χ0) is 9.56. The molecular formula is C8H18NO2S-. The van der Waals surface area contributed by atoms with Crippen LogP contribution in [0.4, 0.5) is 0 Å². The van der Waals surface area contributed by atoms with E-state index in [2.05, 4.69) is 13.8 Å². The van der Waals surface area contributed by atoms with E-state index in [1.165, 1.54) is 4.31 Å². The van der Waals surface area contributed by atoms with Gasteiger partial charge in [0.05, 0.1) is 0 Å². The first-order chi connectivity index (χ1) is 5.61. The minimum Gasteiger partial charge on any atom is -0.760 e. The van der Waals surface area contributed by atoms with Gasteiger partial charge in [-0.15, -0.1) is 0 Å². The molecule has 0 aliphatic heterocycles. The highest BCUT2D eigenvalue weighted by Gasteiger charge is 2.04. The monoisotopic (exact) mass is 192 g/mol. The Morgan fingerprint density at radius 2 is 2.08 bits per heavy atom. The maximum Gasteiger partial charge on any atom is 0.0209 e. The Morgan fingerprint density at radius 3 is 2.42 bits per heavy atom. The topological polar surface area (TPSA) is 43.4 Å². The van der Waals surface area contributed by atoms with Crippen LogP contribution in [0, 0.1) is 5.92 Å². The largest absolute Gasteiger partial charge is 0.760 e. The Kier molecular flexibility index (Phi) is 6.61. The normalized spacial score (nSPS) is 16.4. The van der Waals surface area contributed by atoms with Gasteiger partial charge in [-0.25, -0.2) is 4.31 Å². The lowest BCUT2D eigenvalue weighted by atomic mass is 10.1. The summed E-state index contributed by atoms with van der Waals surface area (Å²) in [5.41, 5.74) is 0. The van der Waals surface area contributed by atoms with E-state index >= 15 is 0 Å². The SMILES string of the molecule is CCC(C)CCN(CC)S(=O)[O-]. The van der Waals surface area contributed by atoms with Gasteiger partial charge >= 0.3 is 0 Å². The summed E-state index contributed by atoms with van der Waals surface area (Å²) in [6.45, 7) is 7.34. The Labute approximate surface area is 77.6 Å². The highest BCUT2D eigenvalue weighted by atomic mass is 32.2. The van der Waals surface area contributed by atoms with E-state index in [0.29, 0.717) is 19.0 Å². The van der Waals surface area contributed by atoms with Crippen molar-refractivity contribution in [2.24, 2.45) is 5.92 Å². The molecule has 0 aliphatic rings. The third kappa shape index (κ3) is 4.85. The maximum absolute atomic E-state index is 10.6. The lowest BCUT2D eigenvalue weighted by molar-refractivity contribution is 0.365. The van der Waals surface area contributed by atoms with Crippen molar-refractivity contribution in [1.29, 1.82) is 0 Å². The van der Waals surface area contributed by atoms with Gasteiger partial charge < -0.3 is 4.55 Å². The van der Waals surface area contributed by atoms with E-state index in [0.717, 1.165) is 12.8 Å². The maximum atomic E-state index is 10.6. The van der Waals surface area contributed by atoms with Crippen molar-refractivity contribution in [2.45, 2.75) is 33.6 Å². The number of hydrogen-bond acceptors (Lipinski definition) is 2. The van der Waals surface area contributed by atoms with Gasteiger partial charge in [-0.1, -0.05) is 27.2 Å². The predicted molar refractivity (Wildman–Crippen MR) is 50.2 cm³/mol. The molecule has 0 saturated carbocycles. The second-order valence-electron chi connectivity index (χ2n) is 3.04. The van der Waals surface area contributed by atoms with E-state index in [-0.39, 0.29) is 0 Å². The summed E-state index contributed by atoms with van der Waals surface area (Å²) in [4.78, 5) is 0. The molecule has 4 heteroatoms. The molecule has 74 valence electrons. The highest BCUT2D eigenvalue weighted by molar-refractivity contribution is 7.76. The van der Waals surface area contributed by atoms with E-state index < -0.39 is 11.3 Å². The van der Waals surface area contributed by atoms with Crippen LogP contribution in [-0.4, -0.2) is 26.2 Å². The second kappa shape index (κ2) is 6.57. The van der Waals surface area contributed by atoms with Crippen molar-refractivity contribution < 1.29 is 8.76 Å². The molecule has 0 bridgehead atoms. The van der Waals surface area contributed by atoms with Crippen LogP contribution in [0.2, 0.25) is 0 Å². The lowest BCUT2D eigenvalue weighted by Gasteiger charge is -2.23. The van der Waals surface area contributed by atoms with Gasteiger partial charge in [-0.2, -0.15) is 0 Å². The van der Waals surface area contributed by atoms with Gasteiger partial charge in [-0.05, 0) is 12.3 Å². The summed E-state index contributed by atoms with van der Waals surface area (Å²) in [5, 5.41) is 0. The predicted octanol–water partition coefficient (Wildman–Crippen LogP) is 1.54. The Morgan fingerprint density at radius 1 is 1.50 bits per heavy atom. The van der Waals surface area contributed by atoms with Crippen LogP contribution in [0.15, 0.2) is 0 Å².